The van der Waals surface area contributed by atoms with E-state index in [0.717, 1.165) is 0 Å². The quantitative estimate of drug-likeness (QED) is 0.873. The predicted octanol–water partition coefficient (Wildman–Crippen LogP) is 2.22. The Hall–Kier alpha value is -0.480. The van der Waals surface area contributed by atoms with Crippen molar-refractivity contribution in [2.75, 3.05) is 20.3 Å². The molecule has 5 heteroatoms. The fourth-order valence-corrected chi connectivity index (χ4v) is 2.07. The number of halogens is 2. The third-order valence-electron chi connectivity index (χ3n) is 2.45. The largest absolute Gasteiger partial charge is 0.495 e. The highest BCUT2D eigenvalue weighted by Crippen LogP contribution is 2.41. The van der Waals surface area contributed by atoms with Crippen molar-refractivity contribution in [3.05, 3.63) is 27.7 Å². The van der Waals surface area contributed by atoms with Crippen molar-refractivity contribution in [1.29, 1.82) is 0 Å². The zero-order chi connectivity index (χ0) is 11.1. The predicted molar refractivity (Wildman–Crippen MR) is 57.7 cm³/mol. The van der Waals surface area contributed by atoms with E-state index in [2.05, 4.69) is 0 Å². The van der Waals surface area contributed by atoms with Crippen molar-refractivity contribution >= 4 is 23.2 Å². The molecule has 1 fully saturated rings. The Kier molecular flexibility index (Phi) is 2.81. The van der Waals surface area contributed by atoms with E-state index in [1.54, 1.807) is 12.1 Å². The van der Waals surface area contributed by atoms with Gasteiger partial charge in [-0.1, -0.05) is 29.3 Å². The van der Waals surface area contributed by atoms with Gasteiger partial charge in [-0.25, -0.2) is 0 Å². The van der Waals surface area contributed by atoms with Crippen LogP contribution in [0.4, 0.5) is 0 Å². The number of aliphatic hydroxyl groups is 1. The molecule has 1 aromatic carbocycles. The van der Waals surface area contributed by atoms with Crippen molar-refractivity contribution in [1.82, 2.24) is 0 Å². The van der Waals surface area contributed by atoms with Crippen LogP contribution in [0.3, 0.4) is 0 Å². The second-order valence-electron chi connectivity index (χ2n) is 3.47. The van der Waals surface area contributed by atoms with Crippen LogP contribution in [0.15, 0.2) is 12.1 Å². The van der Waals surface area contributed by atoms with Crippen molar-refractivity contribution in [3.8, 4) is 5.75 Å². The Morgan fingerprint density at radius 2 is 2.00 bits per heavy atom. The molecule has 3 nitrogen and oxygen atoms in total. The van der Waals surface area contributed by atoms with Gasteiger partial charge in [0.05, 0.1) is 25.3 Å². The molecule has 1 aliphatic heterocycles. The van der Waals surface area contributed by atoms with Crippen LogP contribution in [0.5, 0.6) is 5.75 Å². The zero-order valence-electron chi connectivity index (χ0n) is 8.09. The van der Waals surface area contributed by atoms with Crippen LogP contribution in [-0.2, 0) is 10.3 Å². The molecule has 0 spiro atoms. The summed E-state index contributed by atoms with van der Waals surface area (Å²) in [6.45, 7) is 0.491. The van der Waals surface area contributed by atoms with E-state index in [-0.39, 0.29) is 13.2 Å². The van der Waals surface area contributed by atoms with E-state index in [4.69, 9.17) is 32.7 Å². The average molecular weight is 249 g/mol. The number of ether oxygens (including phenoxy) is 2. The van der Waals surface area contributed by atoms with Gasteiger partial charge in [-0.15, -0.1) is 0 Å². The van der Waals surface area contributed by atoms with Crippen molar-refractivity contribution in [2.45, 2.75) is 5.60 Å². The molecule has 0 amide bonds. The fourth-order valence-electron chi connectivity index (χ4n) is 1.50. The summed E-state index contributed by atoms with van der Waals surface area (Å²) < 4.78 is 9.98. The topological polar surface area (TPSA) is 38.7 Å². The van der Waals surface area contributed by atoms with Crippen LogP contribution >= 0.6 is 23.2 Å². The lowest BCUT2D eigenvalue weighted by Gasteiger charge is -2.37. The Morgan fingerprint density at radius 3 is 2.47 bits per heavy atom. The minimum Gasteiger partial charge on any atom is -0.495 e. The minimum atomic E-state index is -1.01. The first-order valence-electron chi connectivity index (χ1n) is 4.41. The standard InChI is InChI=1S/C10H10Cl2O3/c1-14-7-3-2-6(8(11)9(7)12)10(13)4-15-5-10/h2-3,13H,4-5H2,1H3. The van der Waals surface area contributed by atoms with Gasteiger partial charge in [-0.05, 0) is 6.07 Å². The molecule has 0 atom stereocenters. The molecule has 0 bridgehead atoms. The molecule has 0 aromatic heterocycles. The maximum atomic E-state index is 10.0. The second-order valence-corrected chi connectivity index (χ2v) is 4.22. The molecule has 0 saturated carbocycles. The molecule has 1 aromatic rings. The third kappa shape index (κ3) is 1.70. The molecule has 1 saturated heterocycles. The van der Waals surface area contributed by atoms with Gasteiger partial charge in [0.2, 0.25) is 0 Å². The smallest absolute Gasteiger partial charge is 0.139 e. The van der Waals surface area contributed by atoms with E-state index in [9.17, 15) is 5.11 Å². The summed E-state index contributed by atoms with van der Waals surface area (Å²) in [5.41, 5.74) is -0.422. The van der Waals surface area contributed by atoms with E-state index in [1.807, 2.05) is 0 Å². The Balaban J connectivity index is 2.46. The van der Waals surface area contributed by atoms with E-state index >= 15 is 0 Å². The summed E-state index contributed by atoms with van der Waals surface area (Å²) in [5, 5.41) is 10.7. The normalized spacial score (nSPS) is 18.4. The SMILES string of the molecule is COc1ccc(C2(O)COC2)c(Cl)c1Cl. The highest BCUT2D eigenvalue weighted by molar-refractivity contribution is 6.43. The maximum Gasteiger partial charge on any atom is 0.139 e. The van der Waals surface area contributed by atoms with Gasteiger partial charge in [0.15, 0.2) is 0 Å². The van der Waals surface area contributed by atoms with Gasteiger partial charge in [0.1, 0.15) is 16.4 Å². The molecular formula is C10H10Cl2O3. The van der Waals surface area contributed by atoms with Crippen LogP contribution in [0.25, 0.3) is 0 Å². The van der Waals surface area contributed by atoms with Crippen molar-refractivity contribution in [3.63, 3.8) is 0 Å². The van der Waals surface area contributed by atoms with Crippen molar-refractivity contribution < 1.29 is 14.6 Å². The van der Waals surface area contributed by atoms with Gasteiger partial charge in [-0.2, -0.15) is 0 Å². The molecule has 1 aliphatic rings. The van der Waals surface area contributed by atoms with Gasteiger partial charge in [0.25, 0.3) is 0 Å². The summed E-state index contributed by atoms with van der Waals surface area (Å²) in [6.07, 6.45) is 0. The first-order chi connectivity index (χ1) is 7.08. The lowest BCUT2D eigenvalue weighted by Crippen LogP contribution is -2.46. The monoisotopic (exact) mass is 248 g/mol. The van der Waals surface area contributed by atoms with E-state index in [0.29, 0.717) is 21.4 Å². The highest BCUT2D eigenvalue weighted by Gasteiger charge is 2.40. The molecular weight excluding hydrogens is 239 g/mol. The molecule has 15 heavy (non-hydrogen) atoms. The zero-order valence-corrected chi connectivity index (χ0v) is 9.60. The number of hydrogen-bond acceptors (Lipinski definition) is 3. The Bertz CT molecular complexity index is 388. The summed E-state index contributed by atoms with van der Waals surface area (Å²) in [6, 6.07) is 3.38. The van der Waals surface area contributed by atoms with Gasteiger partial charge in [-0.3, -0.25) is 0 Å². The summed E-state index contributed by atoms with van der Waals surface area (Å²) in [7, 11) is 1.51. The van der Waals surface area contributed by atoms with Crippen LogP contribution in [0, 0.1) is 0 Å². The highest BCUT2D eigenvalue weighted by atomic mass is 35.5. The van der Waals surface area contributed by atoms with Crippen LogP contribution < -0.4 is 4.74 Å². The van der Waals surface area contributed by atoms with Crippen LogP contribution in [0.2, 0.25) is 10.0 Å². The number of rotatable bonds is 2. The van der Waals surface area contributed by atoms with Gasteiger partial charge in [0, 0.05) is 5.56 Å². The third-order valence-corrected chi connectivity index (χ3v) is 3.31. The second kappa shape index (κ2) is 3.83. The number of benzene rings is 1. The number of methoxy groups -OCH3 is 1. The Morgan fingerprint density at radius 1 is 1.33 bits per heavy atom. The van der Waals surface area contributed by atoms with Crippen molar-refractivity contribution in [2.24, 2.45) is 0 Å². The fraction of sp³-hybridized carbons (Fsp3) is 0.400. The van der Waals surface area contributed by atoms with Gasteiger partial charge < -0.3 is 14.6 Å². The van der Waals surface area contributed by atoms with Crippen LogP contribution in [-0.4, -0.2) is 25.4 Å². The summed E-state index contributed by atoms with van der Waals surface area (Å²) in [5.74, 6) is 0.495. The van der Waals surface area contributed by atoms with Crippen LogP contribution in [0.1, 0.15) is 5.56 Å². The lowest BCUT2D eigenvalue weighted by atomic mass is 9.92. The molecule has 82 valence electrons. The van der Waals surface area contributed by atoms with Gasteiger partial charge >= 0.3 is 0 Å². The molecule has 2 rings (SSSR count). The molecule has 0 unspecified atom stereocenters. The van der Waals surface area contributed by atoms with E-state index in [1.165, 1.54) is 7.11 Å². The number of hydrogen-bond donors (Lipinski definition) is 1. The molecule has 1 N–H and O–H groups in total. The molecule has 1 heterocycles. The maximum absolute atomic E-state index is 10.0. The lowest BCUT2D eigenvalue weighted by molar-refractivity contribution is -0.184. The summed E-state index contributed by atoms with van der Waals surface area (Å²) >= 11 is 12.0. The minimum absolute atomic E-state index is 0.245. The first kappa shape index (κ1) is 11.0. The first-order valence-corrected chi connectivity index (χ1v) is 5.17. The van der Waals surface area contributed by atoms with E-state index < -0.39 is 5.60 Å². The summed E-state index contributed by atoms with van der Waals surface area (Å²) in [4.78, 5) is 0. The molecule has 0 radical (unpaired) electrons. The Labute approximate surface area is 97.5 Å². The average Bonchev–Trinajstić information content (AvgIpc) is 2.19. The molecule has 0 aliphatic carbocycles.